The van der Waals surface area contributed by atoms with Crippen LogP contribution in [0.1, 0.15) is 5.69 Å². The number of aryl methyl sites for hydroxylation is 1. The van der Waals surface area contributed by atoms with Crippen LogP contribution in [0.2, 0.25) is 0 Å². The highest BCUT2D eigenvalue weighted by molar-refractivity contribution is 5.84. The number of ether oxygens (including phenoxy) is 1. The Bertz CT molecular complexity index is 418. The van der Waals surface area contributed by atoms with Crippen molar-refractivity contribution < 1.29 is 9.53 Å². The van der Waals surface area contributed by atoms with E-state index in [9.17, 15) is 9.59 Å². The molecule has 0 aliphatic carbocycles. The van der Waals surface area contributed by atoms with Gasteiger partial charge in [0, 0.05) is 24.0 Å². The summed E-state index contributed by atoms with van der Waals surface area (Å²) in [5.74, 6) is -0.486. The Kier molecular flexibility index (Phi) is 3.23. The van der Waals surface area contributed by atoms with E-state index in [4.69, 9.17) is 0 Å². The molecule has 0 radical (unpaired) electrons. The third-order valence-electron chi connectivity index (χ3n) is 1.75. The van der Waals surface area contributed by atoms with Gasteiger partial charge in [0.2, 0.25) is 0 Å². The summed E-state index contributed by atoms with van der Waals surface area (Å²) in [7, 11) is 1.29. The summed E-state index contributed by atoms with van der Waals surface area (Å²) < 4.78 is 5.78. The van der Waals surface area contributed by atoms with Crippen molar-refractivity contribution in [3.05, 3.63) is 40.3 Å². The molecule has 74 valence electrons. The number of hydrogen-bond donors (Lipinski definition) is 0. The summed E-state index contributed by atoms with van der Waals surface area (Å²) in [6.45, 7) is 1.78. The van der Waals surface area contributed by atoms with Crippen LogP contribution in [-0.2, 0) is 9.53 Å². The first-order valence-electron chi connectivity index (χ1n) is 4.09. The van der Waals surface area contributed by atoms with E-state index < -0.39 is 5.97 Å². The van der Waals surface area contributed by atoms with Gasteiger partial charge in [-0.05, 0) is 13.0 Å². The Morgan fingerprint density at radius 3 is 2.79 bits per heavy atom. The quantitative estimate of drug-likeness (QED) is 0.515. The van der Waals surface area contributed by atoms with Crippen molar-refractivity contribution in [1.29, 1.82) is 0 Å². The van der Waals surface area contributed by atoms with Crippen molar-refractivity contribution in [1.82, 2.24) is 4.57 Å². The smallest absolute Gasteiger partial charge is 0.331 e. The Labute approximate surface area is 81.4 Å². The standard InChI is InChI=1S/C10H11NO3/c1-8-4-3-5-9(12)11(8)7-6-10(13)14-2/h3-7H,1-2H3/b7-6+. The van der Waals surface area contributed by atoms with E-state index in [1.54, 1.807) is 19.1 Å². The molecule has 0 aliphatic heterocycles. The van der Waals surface area contributed by atoms with E-state index in [-0.39, 0.29) is 5.56 Å². The molecule has 0 amide bonds. The second-order valence-electron chi connectivity index (χ2n) is 2.71. The molecule has 0 saturated carbocycles. The van der Waals surface area contributed by atoms with Gasteiger partial charge in [-0.1, -0.05) is 6.07 Å². The normalized spacial score (nSPS) is 10.4. The Morgan fingerprint density at radius 2 is 2.21 bits per heavy atom. The van der Waals surface area contributed by atoms with E-state index in [1.807, 2.05) is 0 Å². The fourth-order valence-corrected chi connectivity index (χ4v) is 0.999. The molecule has 0 spiro atoms. The zero-order valence-corrected chi connectivity index (χ0v) is 8.06. The van der Waals surface area contributed by atoms with Gasteiger partial charge < -0.3 is 4.74 Å². The number of nitrogens with zero attached hydrogens (tertiary/aromatic N) is 1. The van der Waals surface area contributed by atoms with Crippen molar-refractivity contribution in [2.45, 2.75) is 6.92 Å². The average Bonchev–Trinajstić information content (AvgIpc) is 2.16. The minimum Gasteiger partial charge on any atom is -0.466 e. The molecule has 0 unspecified atom stereocenters. The predicted octanol–water partition coefficient (Wildman–Crippen LogP) is 0.800. The lowest BCUT2D eigenvalue weighted by Crippen LogP contribution is -2.16. The third-order valence-corrected chi connectivity index (χ3v) is 1.75. The van der Waals surface area contributed by atoms with Crippen LogP contribution in [0.25, 0.3) is 6.20 Å². The summed E-state index contributed by atoms with van der Waals surface area (Å²) in [5, 5.41) is 0. The molecule has 14 heavy (non-hydrogen) atoms. The lowest BCUT2D eigenvalue weighted by molar-refractivity contribution is -0.134. The van der Waals surface area contributed by atoms with E-state index in [0.717, 1.165) is 5.69 Å². The lowest BCUT2D eigenvalue weighted by atomic mass is 10.3. The monoisotopic (exact) mass is 193 g/mol. The molecule has 1 aromatic heterocycles. The molecule has 4 nitrogen and oxygen atoms in total. The number of esters is 1. The summed E-state index contributed by atoms with van der Waals surface area (Å²) in [6, 6.07) is 4.87. The summed E-state index contributed by atoms with van der Waals surface area (Å²) in [5.41, 5.74) is 0.586. The second-order valence-corrected chi connectivity index (χ2v) is 2.71. The van der Waals surface area contributed by atoms with E-state index >= 15 is 0 Å². The fraction of sp³-hybridized carbons (Fsp3) is 0.200. The van der Waals surface area contributed by atoms with E-state index in [2.05, 4.69) is 4.74 Å². The maximum Gasteiger partial charge on any atom is 0.331 e. The van der Waals surface area contributed by atoms with Gasteiger partial charge in [0.15, 0.2) is 0 Å². The van der Waals surface area contributed by atoms with Crippen LogP contribution in [0, 0.1) is 6.92 Å². The molecule has 4 heteroatoms. The van der Waals surface area contributed by atoms with Crippen molar-refractivity contribution in [3.63, 3.8) is 0 Å². The molecular formula is C10H11NO3. The van der Waals surface area contributed by atoms with Crippen molar-refractivity contribution in [2.75, 3.05) is 7.11 Å². The summed E-state index contributed by atoms with van der Waals surface area (Å²) in [4.78, 5) is 22.1. The van der Waals surface area contributed by atoms with Gasteiger partial charge in [-0.25, -0.2) is 4.79 Å². The molecule has 0 fully saturated rings. The average molecular weight is 193 g/mol. The van der Waals surface area contributed by atoms with Crippen LogP contribution in [0.15, 0.2) is 29.1 Å². The zero-order chi connectivity index (χ0) is 10.6. The second kappa shape index (κ2) is 4.41. The minimum atomic E-state index is -0.486. The number of rotatable bonds is 2. The third kappa shape index (κ3) is 2.32. The number of aromatic nitrogens is 1. The SMILES string of the molecule is COC(=O)/C=C/n1c(C)cccc1=O. The van der Waals surface area contributed by atoms with Crippen LogP contribution >= 0.6 is 0 Å². The number of carbonyl (C=O) groups excluding carboxylic acids is 1. The van der Waals surface area contributed by atoms with Crippen LogP contribution < -0.4 is 5.56 Å². The number of pyridine rings is 1. The van der Waals surface area contributed by atoms with Crippen LogP contribution in [0.4, 0.5) is 0 Å². The Balaban J connectivity index is 3.03. The van der Waals surface area contributed by atoms with Crippen molar-refractivity contribution in [3.8, 4) is 0 Å². The molecule has 1 heterocycles. The van der Waals surface area contributed by atoms with E-state index in [1.165, 1.54) is 30.0 Å². The van der Waals surface area contributed by atoms with Gasteiger partial charge in [-0.15, -0.1) is 0 Å². The topological polar surface area (TPSA) is 48.3 Å². The number of carbonyl (C=O) groups is 1. The van der Waals surface area contributed by atoms with Gasteiger partial charge >= 0.3 is 5.97 Å². The van der Waals surface area contributed by atoms with Crippen molar-refractivity contribution in [2.24, 2.45) is 0 Å². The molecule has 0 aromatic carbocycles. The zero-order valence-electron chi connectivity index (χ0n) is 8.06. The lowest BCUT2D eigenvalue weighted by Gasteiger charge is -2.01. The van der Waals surface area contributed by atoms with Crippen LogP contribution in [0.3, 0.4) is 0 Å². The highest BCUT2D eigenvalue weighted by Gasteiger charge is 1.96. The fourth-order valence-electron chi connectivity index (χ4n) is 0.999. The first-order valence-corrected chi connectivity index (χ1v) is 4.09. The van der Waals surface area contributed by atoms with Gasteiger partial charge in [-0.2, -0.15) is 0 Å². The first kappa shape index (κ1) is 10.2. The van der Waals surface area contributed by atoms with Crippen molar-refractivity contribution >= 4 is 12.2 Å². The van der Waals surface area contributed by atoms with Crippen LogP contribution in [-0.4, -0.2) is 17.6 Å². The molecular weight excluding hydrogens is 182 g/mol. The maximum absolute atomic E-state index is 11.3. The van der Waals surface area contributed by atoms with Gasteiger partial charge in [0.1, 0.15) is 0 Å². The molecule has 0 atom stereocenters. The van der Waals surface area contributed by atoms with Gasteiger partial charge in [0.05, 0.1) is 7.11 Å². The predicted molar refractivity (Wildman–Crippen MR) is 52.8 cm³/mol. The first-order chi connectivity index (χ1) is 6.65. The summed E-state index contributed by atoms with van der Waals surface area (Å²) >= 11 is 0. The maximum atomic E-state index is 11.3. The highest BCUT2D eigenvalue weighted by Crippen LogP contribution is 1.94. The largest absolute Gasteiger partial charge is 0.466 e. The molecule has 0 saturated heterocycles. The highest BCUT2D eigenvalue weighted by atomic mass is 16.5. The molecule has 1 rings (SSSR count). The molecule has 0 bridgehead atoms. The van der Waals surface area contributed by atoms with Gasteiger partial charge in [-0.3, -0.25) is 9.36 Å². The Hall–Kier alpha value is -1.84. The molecule has 0 N–H and O–H groups in total. The molecule has 1 aromatic rings. The Morgan fingerprint density at radius 1 is 1.50 bits per heavy atom. The number of hydrogen-bond acceptors (Lipinski definition) is 3. The van der Waals surface area contributed by atoms with Gasteiger partial charge in [0.25, 0.3) is 5.56 Å². The summed E-state index contributed by atoms with van der Waals surface area (Å²) in [6.07, 6.45) is 2.60. The number of methoxy groups -OCH3 is 1. The van der Waals surface area contributed by atoms with E-state index in [0.29, 0.717) is 0 Å². The minimum absolute atomic E-state index is 0.176. The molecule has 0 aliphatic rings. The van der Waals surface area contributed by atoms with Crippen LogP contribution in [0.5, 0.6) is 0 Å².